The molecule has 0 amide bonds. The van der Waals surface area contributed by atoms with Gasteiger partial charge in [0.1, 0.15) is 11.6 Å². The second-order valence-corrected chi connectivity index (χ2v) is 4.44. The average Bonchev–Trinajstić information content (AvgIpc) is 2.88. The van der Waals surface area contributed by atoms with Crippen LogP contribution in [0.1, 0.15) is 5.56 Å². The number of phenolic OH excluding ortho intramolecular Hbond substituents is 1. The van der Waals surface area contributed by atoms with Crippen molar-refractivity contribution in [2.75, 3.05) is 12.1 Å². The molecular formula is C14H10F3NO3. The number of benzene rings is 2. The van der Waals surface area contributed by atoms with E-state index in [2.05, 4.69) is 5.32 Å². The number of phenols is 1. The van der Waals surface area contributed by atoms with Crippen molar-refractivity contribution in [3.05, 3.63) is 47.3 Å². The zero-order valence-corrected chi connectivity index (χ0v) is 10.6. The smallest absolute Gasteiger partial charge is 0.231 e. The van der Waals surface area contributed by atoms with Crippen LogP contribution in [0.3, 0.4) is 0 Å². The lowest BCUT2D eigenvalue weighted by Crippen LogP contribution is -2.04. The number of ether oxygens (including phenoxy) is 2. The van der Waals surface area contributed by atoms with E-state index in [-0.39, 0.29) is 24.8 Å². The second-order valence-electron chi connectivity index (χ2n) is 4.44. The Balaban J connectivity index is 1.82. The topological polar surface area (TPSA) is 50.7 Å². The number of rotatable bonds is 3. The Labute approximate surface area is 117 Å². The van der Waals surface area contributed by atoms with Crippen LogP contribution in [0.25, 0.3) is 0 Å². The lowest BCUT2D eigenvalue weighted by molar-refractivity contribution is 0.174. The highest BCUT2D eigenvalue weighted by Crippen LogP contribution is 2.37. The molecule has 0 aromatic heterocycles. The Hall–Kier alpha value is -2.57. The van der Waals surface area contributed by atoms with Crippen LogP contribution in [0.5, 0.6) is 17.2 Å². The maximum absolute atomic E-state index is 13.5. The molecule has 1 heterocycles. The van der Waals surface area contributed by atoms with E-state index in [9.17, 15) is 18.3 Å². The molecule has 0 saturated carbocycles. The van der Waals surface area contributed by atoms with Crippen molar-refractivity contribution >= 4 is 5.69 Å². The highest BCUT2D eigenvalue weighted by molar-refractivity contribution is 5.53. The third kappa shape index (κ3) is 2.54. The van der Waals surface area contributed by atoms with Gasteiger partial charge in [-0.25, -0.2) is 13.2 Å². The molecule has 0 bridgehead atoms. The first kappa shape index (κ1) is 13.4. The summed E-state index contributed by atoms with van der Waals surface area (Å²) in [6, 6.07) is 4.17. The third-order valence-electron chi connectivity index (χ3n) is 3.04. The summed E-state index contributed by atoms with van der Waals surface area (Å²) in [7, 11) is 0. The summed E-state index contributed by atoms with van der Waals surface area (Å²) in [5.74, 6) is -2.62. The van der Waals surface area contributed by atoms with E-state index in [1.54, 1.807) is 0 Å². The number of fused-ring (bicyclic) bond motifs is 1. The van der Waals surface area contributed by atoms with Gasteiger partial charge in [-0.3, -0.25) is 0 Å². The minimum atomic E-state index is -1.28. The van der Waals surface area contributed by atoms with Crippen LogP contribution in [-0.4, -0.2) is 11.9 Å². The minimum Gasteiger partial charge on any atom is -0.507 e. The van der Waals surface area contributed by atoms with E-state index >= 15 is 0 Å². The van der Waals surface area contributed by atoms with E-state index in [1.807, 2.05) is 0 Å². The van der Waals surface area contributed by atoms with Gasteiger partial charge in [0.05, 0.1) is 5.69 Å². The Bertz CT molecular complexity index is 706. The van der Waals surface area contributed by atoms with Crippen LogP contribution in [0.2, 0.25) is 0 Å². The molecule has 0 spiro atoms. The SMILES string of the molecule is Oc1cc2c(cc1CNc1cc(F)cc(F)c1F)OCO2. The number of hydrogen-bond acceptors (Lipinski definition) is 4. The largest absolute Gasteiger partial charge is 0.507 e. The molecule has 0 unspecified atom stereocenters. The van der Waals surface area contributed by atoms with Gasteiger partial charge in [-0.05, 0) is 6.07 Å². The molecule has 0 aliphatic carbocycles. The fourth-order valence-corrected chi connectivity index (χ4v) is 1.99. The van der Waals surface area contributed by atoms with Gasteiger partial charge in [-0.15, -0.1) is 0 Å². The third-order valence-corrected chi connectivity index (χ3v) is 3.04. The Kier molecular flexibility index (Phi) is 3.25. The molecule has 0 atom stereocenters. The van der Waals surface area contributed by atoms with Crippen molar-refractivity contribution in [3.8, 4) is 17.2 Å². The van der Waals surface area contributed by atoms with E-state index < -0.39 is 17.5 Å². The Morgan fingerprint density at radius 3 is 2.52 bits per heavy atom. The van der Waals surface area contributed by atoms with Crippen LogP contribution in [0.4, 0.5) is 18.9 Å². The van der Waals surface area contributed by atoms with Gasteiger partial charge in [0.2, 0.25) is 6.79 Å². The van der Waals surface area contributed by atoms with Gasteiger partial charge in [0, 0.05) is 30.3 Å². The number of nitrogens with one attached hydrogen (secondary N) is 1. The van der Waals surface area contributed by atoms with Crippen molar-refractivity contribution in [3.63, 3.8) is 0 Å². The molecule has 0 saturated heterocycles. The molecule has 3 rings (SSSR count). The minimum absolute atomic E-state index is 0.0394. The van der Waals surface area contributed by atoms with Gasteiger partial charge < -0.3 is 19.9 Å². The molecule has 0 radical (unpaired) electrons. The number of halogens is 3. The summed E-state index contributed by atoms with van der Waals surface area (Å²) in [6.45, 7) is 0.0116. The summed E-state index contributed by atoms with van der Waals surface area (Å²) in [4.78, 5) is 0. The van der Waals surface area contributed by atoms with E-state index in [4.69, 9.17) is 9.47 Å². The van der Waals surface area contributed by atoms with Crippen LogP contribution < -0.4 is 14.8 Å². The Morgan fingerprint density at radius 2 is 1.76 bits per heavy atom. The van der Waals surface area contributed by atoms with Crippen molar-refractivity contribution in [1.29, 1.82) is 0 Å². The lowest BCUT2D eigenvalue weighted by atomic mass is 10.1. The maximum atomic E-state index is 13.5. The van der Waals surface area contributed by atoms with Crippen LogP contribution in [-0.2, 0) is 6.54 Å². The number of aromatic hydroxyl groups is 1. The summed E-state index contributed by atoms with van der Waals surface area (Å²) in [5.41, 5.74) is 0.0490. The quantitative estimate of drug-likeness (QED) is 0.855. The summed E-state index contributed by atoms with van der Waals surface area (Å²) < 4.78 is 49.9. The molecule has 4 nitrogen and oxygen atoms in total. The van der Waals surface area contributed by atoms with Crippen molar-refractivity contribution in [2.45, 2.75) is 6.54 Å². The van der Waals surface area contributed by atoms with Crippen molar-refractivity contribution < 1.29 is 27.8 Å². The molecule has 2 N–H and O–H groups in total. The summed E-state index contributed by atoms with van der Waals surface area (Å²) >= 11 is 0. The zero-order chi connectivity index (χ0) is 15.0. The van der Waals surface area contributed by atoms with Crippen molar-refractivity contribution in [2.24, 2.45) is 0 Å². The first-order valence-electron chi connectivity index (χ1n) is 6.04. The van der Waals surface area contributed by atoms with E-state index in [0.717, 1.165) is 6.07 Å². The van der Waals surface area contributed by atoms with Gasteiger partial charge in [0.15, 0.2) is 23.1 Å². The second kappa shape index (κ2) is 5.08. The summed E-state index contributed by atoms with van der Waals surface area (Å²) in [6.07, 6.45) is 0. The molecule has 0 fully saturated rings. The van der Waals surface area contributed by atoms with Gasteiger partial charge in [0.25, 0.3) is 0 Å². The molecule has 110 valence electrons. The van der Waals surface area contributed by atoms with Crippen LogP contribution >= 0.6 is 0 Å². The standard InChI is InChI=1S/C14H10F3NO3/c15-8-2-9(16)14(17)10(3-8)18-5-7-1-12-13(4-11(7)19)21-6-20-12/h1-4,18-19H,5-6H2. The highest BCUT2D eigenvalue weighted by atomic mass is 19.2. The monoisotopic (exact) mass is 297 g/mol. The molecule has 2 aromatic rings. The predicted octanol–water partition coefficient (Wildman–Crippen LogP) is 3.15. The molecular weight excluding hydrogens is 287 g/mol. The molecule has 2 aromatic carbocycles. The molecule has 1 aliphatic heterocycles. The average molecular weight is 297 g/mol. The van der Waals surface area contributed by atoms with Gasteiger partial charge in [-0.2, -0.15) is 0 Å². The number of anilines is 1. The van der Waals surface area contributed by atoms with Crippen LogP contribution in [0, 0.1) is 17.5 Å². The summed E-state index contributed by atoms with van der Waals surface area (Å²) in [5, 5.41) is 12.3. The molecule has 21 heavy (non-hydrogen) atoms. The van der Waals surface area contributed by atoms with Crippen molar-refractivity contribution in [1.82, 2.24) is 0 Å². The Morgan fingerprint density at radius 1 is 1.05 bits per heavy atom. The zero-order valence-electron chi connectivity index (χ0n) is 10.6. The molecule has 7 heteroatoms. The molecule has 1 aliphatic rings. The predicted molar refractivity (Wildman–Crippen MR) is 67.9 cm³/mol. The van der Waals surface area contributed by atoms with Gasteiger partial charge >= 0.3 is 0 Å². The lowest BCUT2D eigenvalue weighted by Gasteiger charge is -2.10. The van der Waals surface area contributed by atoms with Gasteiger partial charge in [-0.1, -0.05) is 0 Å². The maximum Gasteiger partial charge on any atom is 0.231 e. The first-order chi connectivity index (χ1) is 10.0. The fourth-order valence-electron chi connectivity index (χ4n) is 1.99. The first-order valence-corrected chi connectivity index (χ1v) is 6.04. The normalized spacial score (nSPS) is 12.5. The van der Waals surface area contributed by atoms with E-state index in [0.29, 0.717) is 23.1 Å². The number of hydrogen-bond donors (Lipinski definition) is 2. The fraction of sp³-hybridized carbons (Fsp3) is 0.143. The van der Waals surface area contributed by atoms with Crippen LogP contribution in [0.15, 0.2) is 24.3 Å². The highest BCUT2D eigenvalue weighted by Gasteiger charge is 2.17. The van der Waals surface area contributed by atoms with E-state index in [1.165, 1.54) is 12.1 Å².